The Labute approximate surface area is 115 Å². The average Bonchev–Trinajstić information content (AvgIpc) is 2.28. The van der Waals surface area contributed by atoms with Crippen LogP contribution in [0.4, 0.5) is 0 Å². The van der Waals surface area contributed by atoms with Gasteiger partial charge in [-0.1, -0.05) is 25.3 Å². The Bertz CT molecular complexity index is 473. The van der Waals surface area contributed by atoms with Crippen LogP contribution in [0.2, 0.25) is 0 Å². The van der Waals surface area contributed by atoms with Gasteiger partial charge in [0.25, 0.3) is 0 Å². The number of hydrogen-bond acceptors (Lipinski definition) is 2. The van der Waals surface area contributed by atoms with Crippen molar-refractivity contribution in [3.8, 4) is 0 Å². The van der Waals surface area contributed by atoms with Crippen LogP contribution in [0.1, 0.15) is 27.7 Å². The quantitative estimate of drug-likeness (QED) is 0.573. The van der Waals surface area contributed by atoms with Gasteiger partial charge < -0.3 is 5.32 Å². The van der Waals surface area contributed by atoms with Crippen molar-refractivity contribution in [2.45, 2.75) is 27.7 Å². The molecular weight excluding hydrogens is 236 g/mol. The van der Waals surface area contributed by atoms with Crippen molar-refractivity contribution in [1.29, 1.82) is 0 Å². The van der Waals surface area contributed by atoms with Gasteiger partial charge in [0, 0.05) is 24.5 Å². The summed E-state index contributed by atoms with van der Waals surface area (Å²) in [4.78, 5) is 15.3. The molecule has 0 aliphatic carbocycles. The molecule has 102 valence electrons. The molecule has 0 atom stereocenters. The third kappa shape index (κ3) is 7.71. The van der Waals surface area contributed by atoms with Crippen LogP contribution >= 0.6 is 0 Å². The number of carbonyl (C=O) groups is 1. The summed E-state index contributed by atoms with van der Waals surface area (Å²) in [6.07, 6.45) is 8.71. The molecule has 1 amide bonds. The van der Waals surface area contributed by atoms with Crippen LogP contribution < -0.4 is 5.32 Å². The van der Waals surface area contributed by atoms with Crippen molar-refractivity contribution in [2.24, 2.45) is 4.99 Å². The molecule has 0 aromatic rings. The Balaban J connectivity index is 5.32. The first kappa shape index (κ1) is 16.8. The van der Waals surface area contributed by atoms with Crippen LogP contribution in [-0.2, 0) is 4.79 Å². The van der Waals surface area contributed by atoms with E-state index >= 15 is 0 Å². The van der Waals surface area contributed by atoms with Crippen LogP contribution in [0.15, 0.2) is 65.5 Å². The fourth-order valence-corrected chi connectivity index (χ4v) is 1.29. The first-order valence-electron chi connectivity index (χ1n) is 6.03. The maximum absolute atomic E-state index is 11.1. The van der Waals surface area contributed by atoms with Crippen molar-refractivity contribution in [1.82, 2.24) is 5.32 Å². The van der Waals surface area contributed by atoms with Crippen LogP contribution in [0.3, 0.4) is 0 Å². The summed E-state index contributed by atoms with van der Waals surface area (Å²) < 4.78 is 0. The molecule has 0 unspecified atom stereocenters. The summed E-state index contributed by atoms with van der Waals surface area (Å²) >= 11 is 0. The van der Waals surface area contributed by atoms with E-state index in [-0.39, 0.29) is 5.91 Å². The minimum absolute atomic E-state index is 0.122. The Morgan fingerprint density at radius 3 is 2.21 bits per heavy atom. The van der Waals surface area contributed by atoms with Gasteiger partial charge in [-0.2, -0.15) is 0 Å². The van der Waals surface area contributed by atoms with Gasteiger partial charge in [-0.25, -0.2) is 0 Å². The summed E-state index contributed by atoms with van der Waals surface area (Å²) in [6.45, 7) is 14.7. The normalized spacial score (nSPS) is 12.7. The molecule has 1 N–H and O–H groups in total. The monoisotopic (exact) mass is 258 g/mol. The zero-order valence-electron chi connectivity index (χ0n) is 12.2. The Kier molecular flexibility index (Phi) is 7.85. The van der Waals surface area contributed by atoms with Crippen LogP contribution in [0.5, 0.6) is 0 Å². The van der Waals surface area contributed by atoms with Crippen molar-refractivity contribution >= 4 is 11.6 Å². The van der Waals surface area contributed by atoms with E-state index < -0.39 is 0 Å². The van der Waals surface area contributed by atoms with Crippen LogP contribution in [-0.4, -0.2) is 11.6 Å². The minimum Gasteiger partial charge on any atom is -0.326 e. The summed E-state index contributed by atoms with van der Waals surface area (Å²) in [5, 5.41) is 2.73. The van der Waals surface area contributed by atoms with Crippen molar-refractivity contribution in [2.75, 3.05) is 0 Å². The second kappa shape index (κ2) is 8.86. The highest BCUT2D eigenvalue weighted by molar-refractivity contribution is 5.79. The van der Waals surface area contributed by atoms with E-state index in [1.807, 2.05) is 26.8 Å². The van der Waals surface area contributed by atoms with E-state index in [4.69, 9.17) is 0 Å². The second-order valence-electron chi connectivity index (χ2n) is 4.23. The standard InChI is InChI=1S/C16H22N2O/c1-7-9-16(18-14(6)19)10-13(5)15(8-2)11-17-12(3)4/h7-11H,1-2H2,3-6H3,(H,18,19)/b13-10+,15-11+,16-9+. The predicted octanol–water partition coefficient (Wildman–Crippen LogP) is 3.69. The number of nitrogens with one attached hydrogen (secondary N) is 1. The average molecular weight is 258 g/mol. The molecule has 0 spiro atoms. The largest absolute Gasteiger partial charge is 0.326 e. The Morgan fingerprint density at radius 1 is 1.16 bits per heavy atom. The van der Waals surface area contributed by atoms with E-state index in [0.717, 1.165) is 16.9 Å². The number of hydrogen-bond donors (Lipinski definition) is 1. The molecule has 3 nitrogen and oxygen atoms in total. The van der Waals surface area contributed by atoms with Crippen molar-refractivity contribution in [3.63, 3.8) is 0 Å². The molecule has 0 bridgehead atoms. The van der Waals surface area contributed by atoms with Gasteiger partial charge in [-0.15, -0.1) is 0 Å². The smallest absolute Gasteiger partial charge is 0.221 e. The number of amides is 1. The molecule has 0 heterocycles. The summed E-state index contributed by atoms with van der Waals surface area (Å²) in [5.41, 5.74) is 3.52. The molecule has 0 aliphatic rings. The van der Waals surface area contributed by atoms with Gasteiger partial charge in [0.2, 0.25) is 5.91 Å². The lowest BCUT2D eigenvalue weighted by Gasteiger charge is -2.06. The summed E-state index contributed by atoms with van der Waals surface area (Å²) in [5.74, 6) is -0.122. The third-order valence-electron chi connectivity index (χ3n) is 2.13. The molecule has 19 heavy (non-hydrogen) atoms. The number of rotatable bonds is 6. The molecule has 3 heteroatoms. The van der Waals surface area contributed by atoms with E-state index in [1.54, 1.807) is 24.4 Å². The fourth-order valence-electron chi connectivity index (χ4n) is 1.29. The van der Waals surface area contributed by atoms with Gasteiger partial charge in [0.15, 0.2) is 0 Å². The molecule has 0 aliphatic heterocycles. The van der Waals surface area contributed by atoms with E-state index in [0.29, 0.717) is 5.70 Å². The molecular formula is C16H22N2O. The SMILES string of the molecule is C=C\C=C(/C=C(C)/C(C=C)=C/N=C(C)C)NC(C)=O. The number of aliphatic imine (C=N–C) groups is 1. The van der Waals surface area contributed by atoms with Gasteiger partial charge in [-0.05, 0) is 44.1 Å². The van der Waals surface area contributed by atoms with Crippen LogP contribution in [0, 0.1) is 0 Å². The van der Waals surface area contributed by atoms with Gasteiger partial charge in [-0.3, -0.25) is 9.79 Å². The highest BCUT2D eigenvalue weighted by atomic mass is 16.1. The molecule has 0 saturated carbocycles. The van der Waals surface area contributed by atoms with E-state index in [9.17, 15) is 4.79 Å². The molecule has 0 fully saturated rings. The highest BCUT2D eigenvalue weighted by Gasteiger charge is 1.99. The summed E-state index contributed by atoms with van der Waals surface area (Å²) in [6, 6.07) is 0. The minimum atomic E-state index is -0.122. The Hall–Kier alpha value is -2.16. The molecule has 0 aromatic heterocycles. The first-order chi connectivity index (χ1) is 8.90. The second-order valence-corrected chi connectivity index (χ2v) is 4.23. The fraction of sp³-hybridized carbons (Fsp3) is 0.250. The number of carbonyl (C=O) groups excluding carboxylic acids is 1. The topological polar surface area (TPSA) is 41.5 Å². The van der Waals surface area contributed by atoms with Crippen LogP contribution in [0.25, 0.3) is 0 Å². The van der Waals surface area contributed by atoms with Crippen molar-refractivity contribution < 1.29 is 4.79 Å². The Morgan fingerprint density at radius 2 is 1.79 bits per heavy atom. The van der Waals surface area contributed by atoms with E-state index in [1.165, 1.54) is 6.92 Å². The van der Waals surface area contributed by atoms with E-state index in [2.05, 4.69) is 23.5 Å². The maximum atomic E-state index is 11.1. The van der Waals surface area contributed by atoms with Gasteiger partial charge in [0.1, 0.15) is 0 Å². The molecule has 0 rings (SSSR count). The lowest BCUT2D eigenvalue weighted by molar-refractivity contribution is -0.118. The zero-order valence-corrected chi connectivity index (χ0v) is 12.2. The van der Waals surface area contributed by atoms with Crippen molar-refractivity contribution in [3.05, 3.63) is 60.5 Å². The molecule has 0 aromatic carbocycles. The molecule has 0 saturated heterocycles. The predicted molar refractivity (Wildman–Crippen MR) is 82.9 cm³/mol. The maximum Gasteiger partial charge on any atom is 0.221 e. The zero-order chi connectivity index (χ0) is 14.8. The highest BCUT2D eigenvalue weighted by Crippen LogP contribution is 2.13. The first-order valence-corrected chi connectivity index (χ1v) is 6.03. The van der Waals surface area contributed by atoms with Gasteiger partial charge >= 0.3 is 0 Å². The molecule has 0 radical (unpaired) electrons. The lowest BCUT2D eigenvalue weighted by Crippen LogP contribution is -2.18. The third-order valence-corrected chi connectivity index (χ3v) is 2.13. The number of nitrogens with zero attached hydrogens (tertiary/aromatic N) is 1. The lowest BCUT2D eigenvalue weighted by atomic mass is 10.1. The summed E-state index contributed by atoms with van der Waals surface area (Å²) in [7, 11) is 0. The van der Waals surface area contributed by atoms with Gasteiger partial charge in [0.05, 0.1) is 0 Å². The number of allylic oxidation sites excluding steroid dienone is 6.